The number of hydrogen-bond donors (Lipinski definition) is 0. The summed E-state index contributed by atoms with van der Waals surface area (Å²) in [6.07, 6.45) is 4.28. The lowest BCUT2D eigenvalue weighted by molar-refractivity contribution is 0.575. The maximum Gasteiger partial charge on any atom is 0.137 e. The smallest absolute Gasteiger partial charge is 0.137 e. The fraction of sp³-hybridized carbons (Fsp3) is 0.0909. The standard InChI is InChI=1S/C22H19OP/c23-24(20-14-8-3-9-15-20)21(18-10-4-1-5-11-18)16-17-22(24)19-12-6-2-7-13-19/h1-17,21-22H/t21-,22+,24?. The van der Waals surface area contributed by atoms with Gasteiger partial charge in [0.05, 0.1) is 11.3 Å². The second-order valence-electron chi connectivity index (χ2n) is 6.14. The van der Waals surface area contributed by atoms with Crippen molar-refractivity contribution in [2.45, 2.75) is 11.3 Å². The van der Waals surface area contributed by atoms with Crippen LogP contribution in [0.5, 0.6) is 0 Å². The van der Waals surface area contributed by atoms with E-state index in [0.29, 0.717) is 0 Å². The van der Waals surface area contributed by atoms with Gasteiger partial charge in [-0.3, -0.25) is 0 Å². The molecule has 3 atom stereocenters. The zero-order valence-electron chi connectivity index (χ0n) is 13.3. The molecule has 0 saturated carbocycles. The Hall–Kier alpha value is -2.37. The normalized spacial score (nSPS) is 25.7. The Morgan fingerprint density at radius 1 is 0.542 bits per heavy atom. The third kappa shape index (κ3) is 2.46. The van der Waals surface area contributed by atoms with Crippen LogP contribution in [0.3, 0.4) is 0 Å². The summed E-state index contributed by atoms with van der Waals surface area (Å²) in [7, 11) is -2.70. The largest absolute Gasteiger partial charge is 0.317 e. The first-order chi connectivity index (χ1) is 11.8. The van der Waals surface area contributed by atoms with Crippen LogP contribution >= 0.6 is 7.14 Å². The maximum absolute atomic E-state index is 14.4. The molecule has 3 aromatic carbocycles. The number of rotatable bonds is 3. The lowest BCUT2D eigenvalue weighted by Gasteiger charge is -2.27. The summed E-state index contributed by atoms with van der Waals surface area (Å²) < 4.78 is 14.4. The van der Waals surface area contributed by atoms with Crippen molar-refractivity contribution in [1.82, 2.24) is 0 Å². The van der Waals surface area contributed by atoms with Gasteiger partial charge in [-0.05, 0) is 11.1 Å². The molecule has 0 amide bonds. The molecule has 2 heteroatoms. The highest BCUT2D eigenvalue weighted by Crippen LogP contribution is 2.72. The van der Waals surface area contributed by atoms with Crippen LogP contribution in [0.25, 0.3) is 0 Å². The van der Waals surface area contributed by atoms with Gasteiger partial charge in [0, 0.05) is 5.30 Å². The molecule has 1 heterocycles. The Morgan fingerprint density at radius 2 is 0.917 bits per heavy atom. The summed E-state index contributed by atoms with van der Waals surface area (Å²) in [6, 6.07) is 30.4. The van der Waals surface area contributed by atoms with Crippen molar-refractivity contribution < 1.29 is 4.57 Å². The van der Waals surface area contributed by atoms with E-state index >= 15 is 0 Å². The lowest BCUT2D eigenvalue weighted by Crippen LogP contribution is -2.12. The molecule has 3 aromatic rings. The van der Waals surface area contributed by atoms with Crippen molar-refractivity contribution in [2.75, 3.05) is 0 Å². The third-order valence-corrected chi connectivity index (χ3v) is 8.44. The Labute approximate surface area is 143 Å². The van der Waals surface area contributed by atoms with Crippen LogP contribution in [0.15, 0.2) is 103 Å². The van der Waals surface area contributed by atoms with Crippen LogP contribution in [0.2, 0.25) is 0 Å². The minimum absolute atomic E-state index is 0.0636. The molecule has 24 heavy (non-hydrogen) atoms. The van der Waals surface area contributed by atoms with Crippen molar-refractivity contribution in [3.63, 3.8) is 0 Å². The highest BCUT2D eigenvalue weighted by Gasteiger charge is 2.45. The van der Waals surface area contributed by atoms with E-state index in [1.807, 2.05) is 66.7 Å². The van der Waals surface area contributed by atoms with Crippen molar-refractivity contribution in [2.24, 2.45) is 0 Å². The van der Waals surface area contributed by atoms with Gasteiger partial charge >= 0.3 is 0 Å². The maximum atomic E-state index is 14.4. The topological polar surface area (TPSA) is 17.1 Å². The fourth-order valence-electron chi connectivity index (χ4n) is 3.59. The van der Waals surface area contributed by atoms with Crippen LogP contribution < -0.4 is 5.30 Å². The Morgan fingerprint density at radius 3 is 1.33 bits per heavy atom. The monoisotopic (exact) mass is 330 g/mol. The molecule has 1 nitrogen and oxygen atoms in total. The summed E-state index contributed by atoms with van der Waals surface area (Å²) in [6.45, 7) is 0. The van der Waals surface area contributed by atoms with E-state index in [1.165, 1.54) is 0 Å². The lowest BCUT2D eigenvalue weighted by atomic mass is 10.1. The first-order valence-corrected chi connectivity index (χ1v) is 10.1. The average Bonchev–Trinajstić information content (AvgIpc) is 3.02. The molecule has 0 fully saturated rings. The van der Waals surface area contributed by atoms with Crippen LogP contribution in [0.1, 0.15) is 22.4 Å². The van der Waals surface area contributed by atoms with E-state index in [-0.39, 0.29) is 11.3 Å². The van der Waals surface area contributed by atoms with Gasteiger partial charge in [0.2, 0.25) is 0 Å². The minimum Gasteiger partial charge on any atom is -0.317 e. The molecule has 0 radical (unpaired) electrons. The molecule has 0 aromatic heterocycles. The van der Waals surface area contributed by atoms with Gasteiger partial charge in [-0.15, -0.1) is 0 Å². The van der Waals surface area contributed by atoms with E-state index in [4.69, 9.17) is 0 Å². The average molecular weight is 330 g/mol. The highest BCUT2D eigenvalue weighted by atomic mass is 31.2. The summed E-state index contributed by atoms with van der Waals surface area (Å²) in [5, 5.41) is 0.956. The summed E-state index contributed by atoms with van der Waals surface area (Å²) in [4.78, 5) is 0. The molecule has 0 N–H and O–H groups in total. The SMILES string of the molecule is O=P1(c2ccccc2)[C@@H](c2ccccc2)C=C[C@H]1c1ccccc1. The van der Waals surface area contributed by atoms with Crippen molar-refractivity contribution in [3.05, 3.63) is 114 Å². The quantitative estimate of drug-likeness (QED) is 0.443. The highest BCUT2D eigenvalue weighted by molar-refractivity contribution is 7.72. The Kier molecular flexibility index (Phi) is 3.96. The summed E-state index contributed by atoms with van der Waals surface area (Å²) in [5.41, 5.74) is 2.12. The van der Waals surface area contributed by atoms with Crippen LogP contribution in [-0.2, 0) is 4.57 Å². The van der Waals surface area contributed by atoms with E-state index in [1.54, 1.807) is 0 Å². The Balaban J connectivity index is 1.88. The minimum atomic E-state index is -2.70. The van der Waals surface area contributed by atoms with Gasteiger partial charge in [-0.25, -0.2) is 0 Å². The second kappa shape index (κ2) is 6.26. The molecular formula is C22H19OP. The second-order valence-corrected chi connectivity index (χ2v) is 9.19. The first-order valence-electron chi connectivity index (χ1n) is 8.23. The molecule has 0 aliphatic carbocycles. The van der Waals surface area contributed by atoms with Crippen molar-refractivity contribution >= 4 is 12.4 Å². The van der Waals surface area contributed by atoms with E-state index in [0.717, 1.165) is 16.4 Å². The van der Waals surface area contributed by atoms with Gasteiger partial charge < -0.3 is 4.57 Å². The van der Waals surface area contributed by atoms with E-state index in [2.05, 4.69) is 36.4 Å². The molecule has 4 rings (SSSR count). The van der Waals surface area contributed by atoms with Crippen LogP contribution in [0.4, 0.5) is 0 Å². The molecule has 0 spiro atoms. The van der Waals surface area contributed by atoms with Crippen LogP contribution in [-0.4, -0.2) is 0 Å². The Bertz CT molecular complexity index is 832. The molecule has 1 aliphatic heterocycles. The van der Waals surface area contributed by atoms with E-state index < -0.39 is 7.14 Å². The zero-order valence-corrected chi connectivity index (χ0v) is 14.2. The molecule has 1 aliphatic rings. The predicted molar refractivity (Wildman–Crippen MR) is 101 cm³/mol. The molecule has 1 unspecified atom stereocenters. The van der Waals surface area contributed by atoms with Gasteiger partial charge in [0.15, 0.2) is 0 Å². The fourth-order valence-corrected chi connectivity index (χ4v) is 7.15. The molecule has 0 saturated heterocycles. The van der Waals surface area contributed by atoms with Crippen molar-refractivity contribution in [3.8, 4) is 0 Å². The number of benzene rings is 3. The predicted octanol–water partition coefficient (Wildman–Crippen LogP) is 5.73. The molecule has 0 bridgehead atoms. The summed E-state index contributed by atoms with van der Waals surface area (Å²) >= 11 is 0. The zero-order chi connectivity index (χ0) is 16.4. The first kappa shape index (κ1) is 15.2. The van der Waals surface area contributed by atoms with Gasteiger partial charge in [0.1, 0.15) is 7.14 Å². The summed E-state index contributed by atoms with van der Waals surface area (Å²) in [5.74, 6) is 0. The van der Waals surface area contributed by atoms with Gasteiger partial charge in [0.25, 0.3) is 0 Å². The number of hydrogen-bond acceptors (Lipinski definition) is 1. The van der Waals surface area contributed by atoms with Gasteiger partial charge in [-0.2, -0.15) is 0 Å². The number of allylic oxidation sites excluding steroid dienone is 2. The molecular weight excluding hydrogens is 311 g/mol. The molecule has 118 valence electrons. The van der Waals surface area contributed by atoms with Crippen molar-refractivity contribution in [1.29, 1.82) is 0 Å². The third-order valence-electron chi connectivity index (χ3n) is 4.74. The van der Waals surface area contributed by atoms with E-state index in [9.17, 15) is 4.57 Å². The van der Waals surface area contributed by atoms with Gasteiger partial charge in [-0.1, -0.05) is 103 Å². The van der Waals surface area contributed by atoms with Crippen LogP contribution in [0, 0.1) is 0 Å².